The molecular weight excluding hydrogens is 258 g/mol. The fourth-order valence-corrected chi connectivity index (χ4v) is 3.09. The molecule has 1 unspecified atom stereocenters. The van der Waals surface area contributed by atoms with Crippen molar-refractivity contribution in [3.8, 4) is 0 Å². The minimum Gasteiger partial charge on any atom is -0.331 e. The molecule has 0 aliphatic heterocycles. The quantitative estimate of drug-likeness (QED) is 0.798. The van der Waals surface area contributed by atoms with Crippen molar-refractivity contribution < 1.29 is 0 Å². The lowest BCUT2D eigenvalue weighted by Gasteiger charge is -2.17. The van der Waals surface area contributed by atoms with E-state index in [4.69, 9.17) is 10.7 Å². The van der Waals surface area contributed by atoms with Gasteiger partial charge in [0.25, 0.3) is 0 Å². The first-order chi connectivity index (χ1) is 10.1. The van der Waals surface area contributed by atoms with E-state index in [9.17, 15) is 0 Å². The molecule has 0 saturated carbocycles. The second-order valence-electron chi connectivity index (χ2n) is 5.69. The molecule has 0 saturated heterocycles. The van der Waals surface area contributed by atoms with E-state index in [1.807, 2.05) is 18.2 Å². The highest BCUT2D eigenvalue weighted by Crippen LogP contribution is 2.24. The van der Waals surface area contributed by atoms with Crippen LogP contribution in [0.25, 0.3) is 11.0 Å². The fourth-order valence-electron chi connectivity index (χ4n) is 3.09. The van der Waals surface area contributed by atoms with Crippen LogP contribution in [0.2, 0.25) is 0 Å². The van der Waals surface area contributed by atoms with Gasteiger partial charge in [0.1, 0.15) is 5.82 Å². The molecule has 1 atom stereocenters. The first kappa shape index (κ1) is 13.8. The average molecular weight is 279 g/mol. The summed E-state index contributed by atoms with van der Waals surface area (Å²) in [6, 6.07) is 14.5. The summed E-state index contributed by atoms with van der Waals surface area (Å²) in [4.78, 5) is 4.72. The van der Waals surface area contributed by atoms with Gasteiger partial charge in [-0.15, -0.1) is 0 Å². The van der Waals surface area contributed by atoms with Crippen LogP contribution in [0, 0.1) is 13.8 Å². The number of rotatable bonds is 3. The predicted octanol–water partition coefficient (Wildman–Crippen LogP) is 3.43. The van der Waals surface area contributed by atoms with Crippen molar-refractivity contribution >= 4 is 11.0 Å². The minimum absolute atomic E-state index is 0.0262. The molecule has 0 aliphatic carbocycles. The standard InChI is InChI=1S/C18H21N3/c1-12-7-6-8-13(2)18(12)14(19)11-17-20-15-9-4-5-10-16(15)21(17)3/h4-10,14H,11,19H2,1-3H3. The Morgan fingerprint density at radius 2 is 1.71 bits per heavy atom. The molecule has 3 heteroatoms. The minimum atomic E-state index is -0.0262. The van der Waals surface area contributed by atoms with Crippen molar-refractivity contribution in [1.29, 1.82) is 0 Å². The van der Waals surface area contributed by atoms with Gasteiger partial charge in [0.2, 0.25) is 0 Å². The zero-order chi connectivity index (χ0) is 15.0. The molecule has 3 nitrogen and oxygen atoms in total. The van der Waals surface area contributed by atoms with Crippen LogP contribution in [0.1, 0.15) is 28.6 Å². The van der Waals surface area contributed by atoms with Crippen molar-refractivity contribution in [2.45, 2.75) is 26.3 Å². The molecule has 21 heavy (non-hydrogen) atoms. The van der Waals surface area contributed by atoms with Gasteiger partial charge in [-0.25, -0.2) is 4.98 Å². The Morgan fingerprint density at radius 3 is 2.38 bits per heavy atom. The maximum atomic E-state index is 6.47. The highest BCUT2D eigenvalue weighted by atomic mass is 15.1. The van der Waals surface area contributed by atoms with Crippen LogP contribution in [0.4, 0.5) is 0 Å². The van der Waals surface area contributed by atoms with Gasteiger partial charge >= 0.3 is 0 Å². The molecule has 2 N–H and O–H groups in total. The number of nitrogens with zero attached hydrogens (tertiary/aromatic N) is 2. The summed E-state index contributed by atoms with van der Waals surface area (Å²) in [6.07, 6.45) is 0.747. The van der Waals surface area contributed by atoms with Crippen LogP contribution >= 0.6 is 0 Å². The number of benzene rings is 2. The number of imidazole rings is 1. The second kappa shape index (κ2) is 5.34. The first-order valence-electron chi connectivity index (χ1n) is 7.30. The Bertz CT molecular complexity index is 766. The lowest BCUT2D eigenvalue weighted by atomic mass is 9.94. The topological polar surface area (TPSA) is 43.8 Å². The lowest BCUT2D eigenvalue weighted by Crippen LogP contribution is -2.18. The second-order valence-corrected chi connectivity index (χ2v) is 5.69. The average Bonchev–Trinajstić information content (AvgIpc) is 2.76. The zero-order valence-electron chi connectivity index (χ0n) is 12.8. The third kappa shape index (κ3) is 2.45. The molecule has 0 bridgehead atoms. The molecule has 3 aromatic rings. The third-order valence-electron chi connectivity index (χ3n) is 4.20. The largest absolute Gasteiger partial charge is 0.331 e. The van der Waals surface area contributed by atoms with Gasteiger partial charge in [-0.05, 0) is 42.7 Å². The molecule has 3 rings (SSSR count). The molecule has 0 fully saturated rings. The SMILES string of the molecule is Cc1cccc(C)c1C(N)Cc1nc2ccccc2n1C. The number of para-hydroxylation sites is 2. The monoisotopic (exact) mass is 279 g/mol. The molecule has 1 aromatic heterocycles. The van der Waals surface area contributed by atoms with Gasteiger partial charge in [-0.3, -0.25) is 0 Å². The van der Waals surface area contributed by atoms with E-state index in [1.165, 1.54) is 16.7 Å². The summed E-state index contributed by atoms with van der Waals surface area (Å²) < 4.78 is 2.14. The maximum Gasteiger partial charge on any atom is 0.111 e. The molecule has 2 aromatic carbocycles. The smallest absolute Gasteiger partial charge is 0.111 e. The first-order valence-corrected chi connectivity index (χ1v) is 7.30. The van der Waals surface area contributed by atoms with E-state index in [2.05, 4.69) is 49.7 Å². The Balaban J connectivity index is 1.97. The van der Waals surface area contributed by atoms with Crippen LogP contribution in [-0.4, -0.2) is 9.55 Å². The van der Waals surface area contributed by atoms with Crippen molar-refractivity contribution in [1.82, 2.24) is 9.55 Å². The van der Waals surface area contributed by atoms with Gasteiger partial charge in [0.05, 0.1) is 11.0 Å². The molecule has 0 spiro atoms. The predicted molar refractivity (Wildman–Crippen MR) is 87.3 cm³/mol. The molecule has 108 valence electrons. The Kier molecular flexibility index (Phi) is 3.52. The Labute approximate surface area is 125 Å². The van der Waals surface area contributed by atoms with Gasteiger partial charge in [0.15, 0.2) is 0 Å². The highest BCUT2D eigenvalue weighted by molar-refractivity contribution is 5.75. The van der Waals surface area contributed by atoms with Gasteiger partial charge < -0.3 is 10.3 Å². The van der Waals surface area contributed by atoms with Crippen LogP contribution in [0.3, 0.4) is 0 Å². The number of nitrogens with two attached hydrogens (primary N) is 1. The summed E-state index contributed by atoms with van der Waals surface area (Å²) in [7, 11) is 2.06. The van der Waals surface area contributed by atoms with Crippen molar-refractivity contribution in [3.63, 3.8) is 0 Å². The Morgan fingerprint density at radius 1 is 1.05 bits per heavy atom. The summed E-state index contributed by atoms with van der Waals surface area (Å²) in [5, 5.41) is 0. The number of aryl methyl sites for hydroxylation is 3. The van der Waals surface area contributed by atoms with Gasteiger partial charge in [0, 0.05) is 19.5 Å². The van der Waals surface area contributed by atoms with Crippen molar-refractivity contribution in [2.75, 3.05) is 0 Å². The van der Waals surface area contributed by atoms with Crippen LogP contribution < -0.4 is 5.73 Å². The van der Waals surface area contributed by atoms with E-state index in [0.717, 1.165) is 23.3 Å². The molecule has 0 aliphatic rings. The summed E-state index contributed by atoms with van der Waals surface area (Å²) in [6.45, 7) is 4.24. The number of hydrogen-bond donors (Lipinski definition) is 1. The summed E-state index contributed by atoms with van der Waals surface area (Å²) in [5.74, 6) is 1.03. The fraction of sp³-hybridized carbons (Fsp3) is 0.278. The molecule has 1 heterocycles. The summed E-state index contributed by atoms with van der Waals surface area (Å²) >= 11 is 0. The van der Waals surface area contributed by atoms with Crippen LogP contribution in [-0.2, 0) is 13.5 Å². The molecule has 0 amide bonds. The van der Waals surface area contributed by atoms with Crippen molar-refractivity contribution in [2.24, 2.45) is 12.8 Å². The molecular formula is C18H21N3. The van der Waals surface area contributed by atoms with E-state index in [1.54, 1.807) is 0 Å². The number of fused-ring (bicyclic) bond motifs is 1. The van der Waals surface area contributed by atoms with E-state index in [-0.39, 0.29) is 6.04 Å². The normalized spacial score (nSPS) is 12.8. The Hall–Kier alpha value is -2.13. The van der Waals surface area contributed by atoms with E-state index in [0.29, 0.717) is 0 Å². The van der Waals surface area contributed by atoms with Crippen molar-refractivity contribution in [3.05, 3.63) is 65.0 Å². The summed E-state index contributed by atoms with van der Waals surface area (Å²) in [5.41, 5.74) is 12.4. The highest BCUT2D eigenvalue weighted by Gasteiger charge is 2.16. The van der Waals surface area contributed by atoms with E-state index < -0.39 is 0 Å². The molecule has 0 radical (unpaired) electrons. The van der Waals surface area contributed by atoms with Crippen LogP contribution in [0.5, 0.6) is 0 Å². The third-order valence-corrected chi connectivity index (χ3v) is 4.20. The van der Waals surface area contributed by atoms with E-state index >= 15 is 0 Å². The van der Waals surface area contributed by atoms with Crippen LogP contribution in [0.15, 0.2) is 42.5 Å². The maximum absolute atomic E-state index is 6.47. The van der Waals surface area contributed by atoms with Gasteiger partial charge in [-0.1, -0.05) is 30.3 Å². The number of hydrogen-bond acceptors (Lipinski definition) is 2. The lowest BCUT2D eigenvalue weighted by molar-refractivity contribution is 0.658. The van der Waals surface area contributed by atoms with Gasteiger partial charge in [-0.2, -0.15) is 0 Å². The number of aromatic nitrogens is 2. The zero-order valence-corrected chi connectivity index (χ0v) is 12.8.